The summed E-state index contributed by atoms with van der Waals surface area (Å²) in [6.45, 7) is 3.79. The third-order valence-corrected chi connectivity index (χ3v) is 7.29. The van der Waals surface area contributed by atoms with E-state index in [-0.39, 0.29) is 5.91 Å². The summed E-state index contributed by atoms with van der Waals surface area (Å²) in [6, 6.07) is 25.3. The lowest BCUT2D eigenvalue weighted by Gasteiger charge is -2.27. The van der Waals surface area contributed by atoms with Crippen molar-refractivity contribution in [1.29, 1.82) is 0 Å². The molecule has 6 rings (SSSR count). The lowest BCUT2D eigenvalue weighted by molar-refractivity contribution is -0.448. The van der Waals surface area contributed by atoms with Crippen molar-refractivity contribution in [1.82, 2.24) is 14.9 Å². The van der Waals surface area contributed by atoms with E-state index >= 15 is 0 Å². The van der Waals surface area contributed by atoms with E-state index in [1.807, 2.05) is 95.4 Å². The Bertz CT molecular complexity index is 1650. The normalized spacial score (nSPS) is 16.1. The summed E-state index contributed by atoms with van der Waals surface area (Å²) in [5.41, 5.74) is 10.7. The van der Waals surface area contributed by atoms with Crippen LogP contribution in [0.15, 0.2) is 90.3 Å². The van der Waals surface area contributed by atoms with Crippen LogP contribution in [-0.4, -0.2) is 50.0 Å². The quantitative estimate of drug-likeness (QED) is 0.277. The second-order valence-corrected chi connectivity index (χ2v) is 10.3. The van der Waals surface area contributed by atoms with Crippen molar-refractivity contribution in [3.8, 4) is 17.2 Å². The number of carbonyl (C=O) groups is 1. The predicted molar refractivity (Wildman–Crippen MR) is 161 cm³/mol. The summed E-state index contributed by atoms with van der Waals surface area (Å²) in [5.74, 6) is 3.27. The highest BCUT2D eigenvalue weighted by molar-refractivity contribution is 6.18. The van der Waals surface area contributed by atoms with Gasteiger partial charge in [-0.1, -0.05) is 53.1 Å². The fourth-order valence-corrected chi connectivity index (χ4v) is 5.19. The molecular formula is C33H33N6O3+. The van der Waals surface area contributed by atoms with E-state index in [1.165, 1.54) is 6.33 Å². The Morgan fingerprint density at radius 1 is 0.976 bits per heavy atom. The fourth-order valence-electron chi connectivity index (χ4n) is 5.19. The maximum Gasteiger partial charge on any atom is 0.363 e. The van der Waals surface area contributed by atoms with Crippen molar-refractivity contribution in [2.75, 3.05) is 18.8 Å². The van der Waals surface area contributed by atoms with Gasteiger partial charge in [0.1, 0.15) is 46.7 Å². The third kappa shape index (κ3) is 5.85. The summed E-state index contributed by atoms with van der Waals surface area (Å²) in [4.78, 5) is 23.3. The van der Waals surface area contributed by atoms with E-state index in [9.17, 15) is 4.79 Å². The zero-order chi connectivity index (χ0) is 28.9. The molecular weight excluding hydrogens is 528 g/mol. The Morgan fingerprint density at radius 3 is 2.60 bits per heavy atom. The van der Waals surface area contributed by atoms with Crippen molar-refractivity contribution in [3.63, 3.8) is 0 Å². The highest BCUT2D eigenvalue weighted by Gasteiger charge is 2.36. The number of amides is 1. The molecule has 0 bridgehead atoms. The lowest BCUT2D eigenvalue weighted by atomic mass is 10.0. The second-order valence-electron chi connectivity index (χ2n) is 10.3. The van der Waals surface area contributed by atoms with Gasteiger partial charge in [0.25, 0.3) is 0 Å². The number of fused-ring (bicyclic) bond motifs is 1. The molecule has 212 valence electrons. The summed E-state index contributed by atoms with van der Waals surface area (Å²) in [5, 5.41) is 4.96. The van der Waals surface area contributed by atoms with Crippen LogP contribution in [0.4, 0.5) is 11.6 Å². The molecule has 1 saturated heterocycles. The first kappa shape index (κ1) is 27.1. The van der Waals surface area contributed by atoms with Crippen LogP contribution in [0.5, 0.6) is 17.2 Å². The summed E-state index contributed by atoms with van der Waals surface area (Å²) >= 11 is 0. The first-order chi connectivity index (χ1) is 20.6. The minimum absolute atomic E-state index is 0.171. The van der Waals surface area contributed by atoms with Crippen molar-refractivity contribution in [2.24, 2.45) is 5.10 Å². The summed E-state index contributed by atoms with van der Waals surface area (Å²) < 4.78 is 13.9. The molecule has 0 radical (unpaired) electrons. The average molecular weight is 562 g/mol. The molecule has 3 aromatic carbocycles. The molecule has 42 heavy (non-hydrogen) atoms. The first-order valence-corrected chi connectivity index (χ1v) is 14.3. The monoisotopic (exact) mass is 561 g/mol. The number of piperidine rings is 1. The zero-order valence-electron chi connectivity index (χ0n) is 23.6. The molecule has 0 unspecified atom stereocenters. The molecule has 9 nitrogen and oxygen atoms in total. The van der Waals surface area contributed by atoms with Crippen LogP contribution in [0.25, 0.3) is 0 Å². The van der Waals surface area contributed by atoms with Gasteiger partial charge in [0.15, 0.2) is 0 Å². The standard InChI is InChI=1S/C33H33N6O3/c1-2-8-29(40)38-18-7-11-25(20-38)39-33-30(32(34)35-22-36-33)31(37-39)24-14-16-26(17-15-24)42-28-13-6-12-27(19-28)41-21-23-9-4-3-5-10-23/h3-6,9-10,12-17,19,22H,2,7-8,11,18,20-21H2,1H3,(H2,34,35,36)/q+1/b39-25-. The number of hydrazone groups is 1. The van der Waals surface area contributed by atoms with Gasteiger partial charge in [-0.3, -0.25) is 4.79 Å². The Labute approximate surface area is 245 Å². The van der Waals surface area contributed by atoms with Crippen LogP contribution in [0.3, 0.4) is 0 Å². The molecule has 3 heterocycles. The maximum absolute atomic E-state index is 12.6. The molecule has 2 aliphatic heterocycles. The van der Waals surface area contributed by atoms with Crippen LogP contribution in [0, 0.1) is 0 Å². The van der Waals surface area contributed by atoms with E-state index in [4.69, 9.17) is 20.3 Å². The average Bonchev–Trinajstić information content (AvgIpc) is 3.42. The third-order valence-electron chi connectivity index (χ3n) is 7.29. The van der Waals surface area contributed by atoms with Gasteiger partial charge < -0.3 is 20.1 Å². The summed E-state index contributed by atoms with van der Waals surface area (Å²) in [6.07, 6.45) is 4.55. The lowest BCUT2D eigenvalue weighted by Crippen LogP contribution is -2.42. The number of carbonyl (C=O) groups excluding carboxylic acids is 1. The van der Waals surface area contributed by atoms with Gasteiger partial charge in [-0.25, -0.2) is 0 Å². The number of rotatable bonds is 8. The van der Waals surface area contributed by atoms with Crippen LogP contribution in [0.2, 0.25) is 0 Å². The van der Waals surface area contributed by atoms with Crippen LogP contribution in [0.1, 0.15) is 49.3 Å². The van der Waals surface area contributed by atoms with Crippen molar-refractivity contribution < 1.29 is 19.0 Å². The number of benzene rings is 3. The Hall–Kier alpha value is -5.05. The number of hydrogen-bond donors (Lipinski definition) is 1. The van der Waals surface area contributed by atoms with E-state index in [2.05, 4.69) is 9.97 Å². The highest BCUT2D eigenvalue weighted by Crippen LogP contribution is 2.33. The number of nitrogens with zero attached hydrogens (tertiary/aromatic N) is 5. The van der Waals surface area contributed by atoms with Gasteiger partial charge in [0.2, 0.25) is 12.2 Å². The molecule has 0 aliphatic carbocycles. The molecule has 9 heteroatoms. The number of ether oxygens (including phenoxy) is 2. The number of nitrogens with two attached hydrogens (primary N) is 1. The molecule has 2 N–H and O–H groups in total. The minimum atomic E-state index is 0.171. The topological polar surface area (TPSA) is 106 Å². The number of aromatic nitrogens is 2. The SMILES string of the molecule is CCCC(=O)N1CCC/C(=[N+]2/N=C(c3ccc(Oc4cccc(OCc5ccccc5)c4)cc3)c3c(N)ncnc32)C1. The Morgan fingerprint density at radius 2 is 1.79 bits per heavy atom. The Balaban J connectivity index is 1.22. The molecule has 0 atom stereocenters. The predicted octanol–water partition coefficient (Wildman–Crippen LogP) is 5.70. The number of likely N-dealkylation sites (tertiary alicyclic amines) is 1. The van der Waals surface area contributed by atoms with E-state index in [0.29, 0.717) is 54.0 Å². The summed E-state index contributed by atoms with van der Waals surface area (Å²) in [7, 11) is 0. The van der Waals surface area contributed by atoms with Gasteiger partial charge in [-0.15, -0.1) is 0 Å². The van der Waals surface area contributed by atoms with Crippen molar-refractivity contribution in [3.05, 3.63) is 102 Å². The van der Waals surface area contributed by atoms with E-state index < -0.39 is 0 Å². The van der Waals surface area contributed by atoms with Gasteiger partial charge in [-0.2, -0.15) is 4.98 Å². The van der Waals surface area contributed by atoms with E-state index in [1.54, 1.807) is 0 Å². The molecule has 1 fully saturated rings. The van der Waals surface area contributed by atoms with E-state index in [0.717, 1.165) is 48.4 Å². The van der Waals surface area contributed by atoms with Gasteiger partial charge in [0.05, 0.1) is 6.54 Å². The van der Waals surface area contributed by atoms with Crippen LogP contribution < -0.4 is 15.2 Å². The van der Waals surface area contributed by atoms with Crippen LogP contribution in [-0.2, 0) is 11.4 Å². The number of nitrogen functional groups attached to an aromatic ring is 1. The van der Waals surface area contributed by atoms with Gasteiger partial charge in [0, 0.05) is 31.0 Å². The second kappa shape index (κ2) is 12.2. The largest absolute Gasteiger partial charge is 0.489 e. The highest BCUT2D eigenvalue weighted by atomic mass is 16.5. The molecule has 1 aromatic heterocycles. The van der Waals surface area contributed by atoms with Gasteiger partial charge in [-0.05, 0) is 59.8 Å². The van der Waals surface area contributed by atoms with Crippen molar-refractivity contribution in [2.45, 2.75) is 39.2 Å². The molecule has 0 saturated carbocycles. The number of anilines is 1. The fraction of sp³-hybridized carbons (Fsp3) is 0.242. The van der Waals surface area contributed by atoms with Gasteiger partial charge >= 0.3 is 5.82 Å². The van der Waals surface area contributed by atoms with Crippen molar-refractivity contribution >= 4 is 29.0 Å². The smallest absolute Gasteiger partial charge is 0.363 e. The number of hydrogen-bond acceptors (Lipinski definition) is 7. The maximum atomic E-state index is 12.6. The minimum Gasteiger partial charge on any atom is -0.489 e. The molecule has 4 aromatic rings. The zero-order valence-corrected chi connectivity index (χ0v) is 23.6. The van der Waals surface area contributed by atoms with Crippen LogP contribution >= 0.6 is 0 Å². The molecule has 2 aliphatic rings. The Kier molecular flexibility index (Phi) is 7.89. The molecule has 1 amide bonds. The first-order valence-electron chi connectivity index (χ1n) is 14.3. The molecule has 0 spiro atoms.